The average molecular weight is 477 g/mol. The van der Waals surface area contributed by atoms with Gasteiger partial charge in [-0.15, -0.1) is 0 Å². The number of benzene rings is 2. The topological polar surface area (TPSA) is 0 Å². The van der Waals surface area contributed by atoms with Crippen LogP contribution in [0.5, 0.6) is 0 Å². The van der Waals surface area contributed by atoms with E-state index in [9.17, 15) is 0 Å². The summed E-state index contributed by atoms with van der Waals surface area (Å²) in [5, 5.41) is 0. The number of hydrogen-bond acceptors (Lipinski definition) is 0. The van der Waals surface area contributed by atoms with E-state index in [1.807, 2.05) is 0 Å². The Labute approximate surface area is 180 Å². The molecular weight excluding hydrogens is 450 g/mol. The first-order chi connectivity index (χ1) is 12.0. The Bertz CT molecular complexity index is 891. The number of hydrogen-bond donors (Lipinski definition) is 0. The molecule has 2 aliphatic carbocycles. The first kappa shape index (κ1) is 21.1. The molecule has 5 rings (SSSR count). The molecule has 1 aliphatic heterocycles. The monoisotopic (exact) mass is 474 g/mol. The molecule has 0 radical (unpaired) electrons. The van der Waals surface area contributed by atoms with Gasteiger partial charge in [-0.2, -0.15) is 0 Å². The van der Waals surface area contributed by atoms with E-state index in [0.717, 1.165) is 7.25 Å². The number of rotatable bonds is 2. The van der Waals surface area contributed by atoms with Gasteiger partial charge in [0.05, 0.1) is 0 Å². The second-order valence-corrected chi connectivity index (χ2v) is 19.9. The zero-order valence-electron chi connectivity index (χ0n) is 16.4. The minimum atomic E-state index is -2.31. The van der Waals surface area contributed by atoms with Crippen LogP contribution in [0.4, 0.5) is 0 Å². The summed E-state index contributed by atoms with van der Waals surface area (Å²) in [6.45, 7) is 9.37. The van der Waals surface area contributed by atoms with Gasteiger partial charge in [0, 0.05) is 0 Å². The molecule has 140 valence electrons. The molecule has 0 saturated carbocycles. The maximum absolute atomic E-state index is 2.51. The van der Waals surface area contributed by atoms with E-state index in [1.165, 1.54) is 22.3 Å². The molecule has 1 saturated heterocycles. The molecule has 2 aromatic rings. The minimum Gasteiger partial charge on any atom is -1.00 e. The summed E-state index contributed by atoms with van der Waals surface area (Å²) in [5.41, 5.74) is 12.6. The van der Waals surface area contributed by atoms with Crippen molar-refractivity contribution in [2.24, 2.45) is 0 Å². The zero-order valence-corrected chi connectivity index (χ0v) is 20.4. The van der Waals surface area contributed by atoms with Crippen molar-refractivity contribution in [2.75, 3.05) is 0 Å². The summed E-state index contributed by atoms with van der Waals surface area (Å²) in [5.74, 6) is 0. The van der Waals surface area contributed by atoms with Gasteiger partial charge in [-0.25, -0.2) is 0 Å². The Morgan fingerprint density at radius 1 is 0.667 bits per heavy atom. The second kappa shape index (κ2) is 7.33. The van der Waals surface area contributed by atoms with E-state index < -0.39 is 20.3 Å². The summed E-state index contributed by atoms with van der Waals surface area (Å²) in [7, 11) is 0. The Morgan fingerprint density at radius 3 is 1.44 bits per heavy atom. The normalized spacial score (nSPS) is 22.2. The fourth-order valence-corrected chi connectivity index (χ4v) is 23.5. The van der Waals surface area contributed by atoms with Crippen LogP contribution in [0, 0.1) is 13.8 Å². The van der Waals surface area contributed by atoms with Gasteiger partial charge in [0.2, 0.25) is 0 Å². The quantitative estimate of drug-likeness (QED) is 0.605. The fourth-order valence-electron chi connectivity index (χ4n) is 5.83. The standard InChI is InChI=1S/2C11H11.C2H4.2ClH.Zr/c2*1-8-6-10-5-3-4-9(2)11(10)7-8;1-2;;;/h2*3-7H,1-2H3;1-2H2;2*1H;/q;;;;;+2/p-2. The summed E-state index contributed by atoms with van der Waals surface area (Å²) >= 11 is -2.31. The van der Waals surface area contributed by atoms with Crippen LogP contribution in [0.15, 0.2) is 47.5 Å². The largest absolute Gasteiger partial charge is 1.00 e. The molecular formula is C24H26Cl2Zr. The van der Waals surface area contributed by atoms with Crippen molar-refractivity contribution < 1.29 is 45.1 Å². The van der Waals surface area contributed by atoms with Crippen molar-refractivity contribution in [1.82, 2.24) is 0 Å². The number of fused-ring (bicyclic) bond motifs is 2. The van der Waals surface area contributed by atoms with E-state index >= 15 is 0 Å². The Hall–Kier alpha value is -0.617. The van der Waals surface area contributed by atoms with Gasteiger partial charge in [0.1, 0.15) is 0 Å². The maximum Gasteiger partial charge on any atom is -1.00 e. The molecule has 3 heteroatoms. The molecule has 2 aromatic carbocycles. The zero-order chi connectivity index (χ0) is 17.3. The van der Waals surface area contributed by atoms with Gasteiger partial charge in [0.15, 0.2) is 0 Å². The van der Waals surface area contributed by atoms with Crippen LogP contribution in [0.25, 0.3) is 12.2 Å². The summed E-state index contributed by atoms with van der Waals surface area (Å²) in [4.78, 5) is 0. The molecule has 27 heavy (non-hydrogen) atoms. The van der Waals surface area contributed by atoms with Gasteiger partial charge in [-0.05, 0) is 0 Å². The first-order valence-electron chi connectivity index (χ1n) is 9.58. The van der Waals surface area contributed by atoms with E-state index in [1.54, 1.807) is 30.5 Å². The molecule has 3 aliphatic rings. The number of halogens is 2. The number of aryl methyl sites for hydroxylation is 2. The van der Waals surface area contributed by atoms with Crippen LogP contribution in [0.2, 0.25) is 8.26 Å². The molecule has 0 spiro atoms. The third-order valence-electron chi connectivity index (χ3n) is 6.97. The third-order valence-corrected chi connectivity index (χ3v) is 20.5. The molecule has 0 bridgehead atoms. The molecule has 0 aromatic heterocycles. The molecule has 0 amide bonds. The molecule has 0 N–H and O–H groups in total. The van der Waals surface area contributed by atoms with Crippen LogP contribution in [0.3, 0.4) is 0 Å². The van der Waals surface area contributed by atoms with Crippen LogP contribution < -0.4 is 24.8 Å². The van der Waals surface area contributed by atoms with Crippen molar-refractivity contribution in [1.29, 1.82) is 0 Å². The van der Waals surface area contributed by atoms with Gasteiger partial charge >= 0.3 is 157 Å². The Kier molecular flexibility index (Phi) is 5.73. The van der Waals surface area contributed by atoms with E-state index in [4.69, 9.17) is 0 Å². The maximum atomic E-state index is 2.51. The molecule has 1 fully saturated rings. The second-order valence-electron chi connectivity index (χ2n) is 8.53. The average Bonchev–Trinajstić information content (AvgIpc) is 3.15. The van der Waals surface area contributed by atoms with Crippen LogP contribution >= 0.6 is 0 Å². The predicted octanol–water partition coefficient (Wildman–Crippen LogP) is 0.932. The van der Waals surface area contributed by atoms with Crippen molar-refractivity contribution in [3.05, 3.63) is 80.9 Å². The SMILES string of the molecule is CC1=Cc2c(C)cccc2[CH]1[Zr+2]1([CH]2C(C)=Cc3c(C)cccc32)[CH2][CH2]1.[Cl-].[Cl-]. The Morgan fingerprint density at radius 2 is 1.07 bits per heavy atom. The van der Waals surface area contributed by atoms with Gasteiger partial charge in [-0.1, -0.05) is 0 Å². The molecule has 1 heterocycles. The summed E-state index contributed by atoms with van der Waals surface area (Å²) in [6.07, 6.45) is 5.02. The number of allylic oxidation sites excluding steroid dienone is 2. The predicted molar refractivity (Wildman–Crippen MR) is 105 cm³/mol. The van der Waals surface area contributed by atoms with Crippen molar-refractivity contribution in [3.8, 4) is 0 Å². The van der Waals surface area contributed by atoms with Gasteiger partial charge in [-0.3, -0.25) is 0 Å². The minimum absolute atomic E-state index is 0. The van der Waals surface area contributed by atoms with Crippen molar-refractivity contribution in [3.63, 3.8) is 0 Å². The van der Waals surface area contributed by atoms with E-state index in [-0.39, 0.29) is 24.8 Å². The van der Waals surface area contributed by atoms with Crippen LogP contribution in [-0.2, 0) is 20.3 Å². The summed E-state index contributed by atoms with van der Waals surface area (Å²) in [6, 6.07) is 14.0. The van der Waals surface area contributed by atoms with Crippen molar-refractivity contribution >= 4 is 12.2 Å². The van der Waals surface area contributed by atoms with Crippen LogP contribution in [0.1, 0.15) is 54.5 Å². The molecule has 0 nitrogen and oxygen atoms in total. The first-order valence-corrected chi connectivity index (χ1v) is 15.9. The van der Waals surface area contributed by atoms with Crippen molar-refractivity contribution in [2.45, 2.75) is 43.2 Å². The smallest absolute Gasteiger partial charge is 1.00 e. The van der Waals surface area contributed by atoms with E-state index in [0.29, 0.717) is 0 Å². The third kappa shape index (κ3) is 2.97. The fraction of sp³-hybridized carbons (Fsp3) is 0.333. The molecule has 2 unspecified atom stereocenters. The van der Waals surface area contributed by atoms with E-state index in [2.05, 4.69) is 76.2 Å². The Balaban J connectivity index is 0.00000105. The molecule has 2 atom stereocenters. The summed E-state index contributed by atoms with van der Waals surface area (Å²) < 4.78 is 4.70. The van der Waals surface area contributed by atoms with Gasteiger partial charge < -0.3 is 24.8 Å². The van der Waals surface area contributed by atoms with Crippen LogP contribution in [-0.4, -0.2) is 0 Å². The van der Waals surface area contributed by atoms with Gasteiger partial charge in [0.25, 0.3) is 0 Å².